The molecule has 0 bridgehead atoms. The first-order valence-corrected chi connectivity index (χ1v) is 9.48. The molecule has 1 unspecified atom stereocenters. The number of fused-ring (bicyclic) bond motifs is 1. The number of imidazole rings is 1. The number of nitrogens with two attached hydrogens (primary N) is 1. The van der Waals surface area contributed by atoms with Crippen LogP contribution in [0.1, 0.15) is 12.8 Å². The molecule has 1 saturated heterocycles. The van der Waals surface area contributed by atoms with Gasteiger partial charge in [0.2, 0.25) is 0 Å². The third-order valence-electron chi connectivity index (χ3n) is 4.81. The van der Waals surface area contributed by atoms with Crippen LogP contribution in [0.25, 0.3) is 17.2 Å². The fraction of sp³-hybridized carbons (Fsp3) is 0.278. The lowest BCUT2D eigenvalue weighted by Crippen LogP contribution is -2.37. The Hall–Kier alpha value is -2.81. The van der Waals surface area contributed by atoms with Gasteiger partial charge in [-0.3, -0.25) is 4.40 Å². The molecular weight excluding hydrogens is 408 g/mol. The molecule has 0 spiro atoms. The van der Waals surface area contributed by atoms with Gasteiger partial charge in [-0.25, -0.2) is 19.9 Å². The maximum Gasteiger partial charge on any atom is 0.180 e. The molecule has 1 aliphatic heterocycles. The van der Waals surface area contributed by atoms with Gasteiger partial charge < -0.3 is 16.0 Å². The number of aromatic nitrogens is 5. The smallest absolute Gasteiger partial charge is 0.180 e. The highest BCUT2D eigenvalue weighted by Crippen LogP contribution is 2.27. The fourth-order valence-corrected chi connectivity index (χ4v) is 3.75. The van der Waals surface area contributed by atoms with Crippen LogP contribution in [0.2, 0.25) is 0 Å². The van der Waals surface area contributed by atoms with E-state index in [2.05, 4.69) is 35.8 Å². The van der Waals surface area contributed by atoms with Crippen LogP contribution in [0.4, 0.5) is 5.82 Å². The summed E-state index contributed by atoms with van der Waals surface area (Å²) in [6, 6.07) is 1.92. The summed E-state index contributed by atoms with van der Waals surface area (Å²) in [7, 11) is 0. The molecule has 0 aromatic carbocycles. The molecule has 0 saturated carbocycles. The first-order valence-electron chi connectivity index (χ1n) is 8.69. The molecule has 3 N–H and O–H groups in total. The lowest BCUT2D eigenvalue weighted by molar-refractivity contribution is 0.473. The zero-order valence-corrected chi connectivity index (χ0v) is 16.2. The number of nitrogens with zero attached hydrogens (tertiary/aromatic N) is 6. The van der Waals surface area contributed by atoms with Crippen molar-refractivity contribution in [2.45, 2.75) is 12.8 Å². The number of halogens is 1. The zero-order chi connectivity index (χ0) is 18.8. The highest BCUT2D eigenvalue weighted by atomic mass is 79.9. The molecular formula is C18H19BrN8. The van der Waals surface area contributed by atoms with E-state index in [1.54, 1.807) is 18.6 Å². The van der Waals surface area contributed by atoms with Crippen LogP contribution in [0, 0.1) is 11.3 Å². The van der Waals surface area contributed by atoms with E-state index in [1.807, 2.05) is 16.7 Å². The van der Waals surface area contributed by atoms with Crippen LogP contribution >= 0.6 is 15.9 Å². The summed E-state index contributed by atoms with van der Waals surface area (Å²) in [5.74, 6) is 1.73. The van der Waals surface area contributed by atoms with Crippen molar-refractivity contribution in [1.82, 2.24) is 24.3 Å². The summed E-state index contributed by atoms with van der Waals surface area (Å²) in [4.78, 5) is 20.0. The second-order valence-corrected chi connectivity index (χ2v) is 7.23. The Kier molecular flexibility index (Phi) is 4.85. The molecule has 1 aliphatic rings. The number of rotatable bonds is 4. The molecule has 0 aliphatic carbocycles. The third kappa shape index (κ3) is 3.42. The van der Waals surface area contributed by atoms with Crippen molar-refractivity contribution < 1.29 is 0 Å². The molecule has 27 heavy (non-hydrogen) atoms. The van der Waals surface area contributed by atoms with Gasteiger partial charge in [-0.1, -0.05) is 0 Å². The summed E-state index contributed by atoms with van der Waals surface area (Å²) in [5, 5.41) is 7.55. The topological polar surface area (TPSA) is 109 Å². The molecule has 8 nitrogen and oxygen atoms in total. The van der Waals surface area contributed by atoms with Gasteiger partial charge in [-0.15, -0.1) is 0 Å². The van der Waals surface area contributed by atoms with Crippen LogP contribution < -0.4 is 10.6 Å². The Morgan fingerprint density at radius 1 is 1.30 bits per heavy atom. The van der Waals surface area contributed by atoms with E-state index in [4.69, 9.17) is 16.1 Å². The predicted octanol–water partition coefficient (Wildman–Crippen LogP) is 2.66. The van der Waals surface area contributed by atoms with Crippen molar-refractivity contribution in [2.75, 3.05) is 18.0 Å². The highest BCUT2D eigenvalue weighted by Gasteiger charge is 2.23. The summed E-state index contributed by atoms with van der Waals surface area (Å²) in [6.07, 6.45) is 12.0. The van der Waals surface area contributed by atoms with Crippen molar-refractivity contribution >= 4 is 33.6 Å². The summed E-state index contributed by atoms with van der Waals surface area (Å²) >= 11 is 3.39. The van der Waals surface area contributed by atoms with Crippen molar-refractivity contribution in [3.8, 4) is 11.5 Å². The molecule has 4 rings (SSSR count). The van der Waals surface area contributed by atoms with E-state index in [0.717, 1.165) is 53.3 Å². The maximum atomic E-state index is 7.55. The summed E-state index contributed by atoms with van der Waals surface area (Å²) in [5.41, 5.74) is 8.09. The number of hydrogen-bond donors (Lipinski definition) is 2. The minimum absolute atomic E-state index is 0.248. The first-order chi connectivity index (χ1) is 13.2. The van der Waals surface area contributed by atoms with Crippen LogP contribution in [-0.2, 0) is 0 Å². The molecule has 3 aromatic rings. The molecule has 1 atom stereocenters. The van der Waals surface area contributed by atoms with Crippen LogP contribution in [0.15, 0.2) is 47.2 Å². The number of piperidine rings is 1. The van der Waals surface area contributed by atoms with Crippen molar-refractivity contribution in [1.29, 1.82) is 5.41 Å². The number of anilines is 1. The van der Waals surface area contributed by atoms with Gasteiger partial charge in [0.15, 0.2) is 11.5 Å². The fourth-order valence-electron chi connectivity index (χ4n) is 3.44. The van der Waals surface area contributed by atoms with E-state index in [-0.39, 0.29) is 5.92 Å². The van der Waals surface area contributed by atoms with Crippen LogP contribution in [-0.4, -0.2) is 43.6 Å². The Labute approximate surface area is 164 Å². The van der Waals surface area contributed by atoms with Gasteiger partial charge in [-0.05, 0) is 46.6 Å². The standard InChI is InChI=1S/C18H19BrN8/c19-15-11-27-14(8-24-17(27)9-23-15)18-22-4-3-16(25-18)26-5-1-2-12(10-26)13(6-20)7-21/h3-4,6-9,11-12,20H,1-2,5,10,21H2/b13-7+,20-6?. The monoisotopic (exact) mass is 426 g/mol. The summed E-state index contributed by atoms with van der Waals surface area (Å²) < 4.78 is 2.64. The predicted molar refractivity (Wildman–Crippen MR) is 108 cm³/mol. The quantitative estimate of drug-likeness (QED) is 0.620. The maximum absolute atomic E-state index is 7.55. The molecule has 138 valence electrons. The Morgan fingerprint density at radius 3 is 3.00 bits per heavy atom. The zero-order valence-electron chi connectivity index (χ0n) is 14.6. The van der Waals surface area contributed by atoms with Crippen LogP contribution in [0.5, 0.6) is 0 Å². The third-order valence-corrected chi connectivity index (χ3v) is 5.22. The van der Waals surface area contributed by atoms with E-state index >= 15 is 0 Å². The van der Waals surface area contributed by atoms with E-state index in [9.17, 15) is 0 Å². The van der Waals surface area contributed by atoms with Gasteiger partial charge >= 0.3 is 0 Å². The second-order valence-electron chi connectivity index (χ2n) is 6.42. The lowest BCUT2D eigenvalue weighted by Gasteiger charge is -2.34. The number of hydrogen-bond acceptors (Lipinski definition) is 7. The molecule has 0 radical (unpaired) electrons. The Morgan fingerprint density at radius 2 is 2.19 bits per heavy atom. The first kappa shape index (κ1) is 17.6. The lowest BCUT2D eigenvalue weighted by atomic mass is 9.91. The van der Waals surface area contributed by atoms with Gasteiger partial charge in [-0.2, -0.15) is 0 Å². The van der Waals surface area contributed by atoms with Crippen molar-refractivity contribution in [3.63, 3.8) is 0 Å². The minimum atomic E-state index is 0.248. The van der Waals surface area contributed by atoms with Gasteiger partial charge in [0.05, 0.1) is 12.4 Å². The Balaban J connectivity index is 1.66. The van der Waals surface area contributed by atoms with Crippen molar-refractivity contribution in [2.24, 2.45) is 11.7 Å². The normalized spacial score (nSPS) is 18.0. The van der Waals surface area contributed by atoms with Gasteiger partial charge in [0, 0.05) is 37.6 Å². The minimum Gasteiger partial charge on any atom is -0.404 e. The van der Waals surface area contributed by atoms with Gasteiger partial charge in [0.25, 0.3) is 0 Å². The van der Waals surface area contributed by atoms with Crippen LogP contribution in [0.3, 0.4) is 0 Å². The Bertz CT molecular complexity index is 1010. The SMILES string of the molecule is N=C/C(=C\N)C1CCCN(c2ccnc(-c3cnc4cnc(Br)cn34)n2)C1. The second kappa shape index (κ2) is 7.43. The largest absolute Gasteiger partial charge is 0.404 e. The van der Waals surface area contributed by atoms with E-state index in [0.29, 0.717) is 5.82 Å². The summed E-state index contributed by atoms with van der Waals surface area (Å²) in [6.45, 7) is 1.71. The molecule has 0 amide bonds. The molecule has 4 heterocycles. The number of nitrogens with one attached hydrogen (secondary N) is 1. The molecule has 1 fully saturated rings. The average Bonchev–Trinajstić information content (AvgIpc) is 3.12. The highest BCUT2D eigenvalue weighted by molar-refractivity contribution is 9.10. The van der Waals surface area contributed by atoms with Gasteiger partial charge in [0.1, 0.15) is 16.1 Å². The van der Waals surface area contributed by atoms with E-state index < -0.39 is 0 Å². The molecule has 9 heteroatoms. The molecule has 3 aromatic heterocycles. The van der Waals surface area contributed by atoms with E-state index in [1.165, 1.54) is 12.4 Å². The average molecular weight is 427 g/mol. The van der Waals surface area contributed by atoms with Crippen molar-refractivity contribution in [3.05, 3.63) is 47.2 Å².